The third-order valence-electron chi connectivity index (χ3n) is 2.61. The minimum atomic E-state index is -0.0383. The molecule has 16 heavy (non-hydrogen) atoms. The van der Waals surface area contributed by atoms with Crippen molar-refractivity contribution < 1.29 is 4.74 Å². The number of nitrogens with one attached hydrogen (secondary N) is 1. The number of hydrazine groups is 1. The number of benzene rings is 1. The topological polar surface area (TPSA) is 60.2 Å². The minimum Gasteiger partial charge on any atom is -0.383 e. The highest BCUT2D eigenvalue weighted by atomic mass is 16.5. The van der Waals surface area contributed by atoms with E-state index in [1.165, 1.54) is 0 Å². The van der Waals surface area contributed by atoms with Crippen LogP contribution in [-0.4, -0.2) is 18.7 Å². The Hall–Kier alpha value is -1.49. The average molecular weight is 217 g/mol. The van der Waals surface area contributed by atoms with E-state index in [9.17, 15) is 0 Å². The van der Waals surface area contributed by atoms with Gasteiger partial charge in [0.15, 0.2) is 0 Å². The summed E-state index contributed by atoms with van der Waals surface area (Å²) in [7, 11) is 1.66. The standard InChI is InChI=1S/C12H15N3O/c1-16-8-12(15-13)11-7-14-6-9-4-2-3-5-10(9)11/h2-7,12,15H,8,13H2,1H3. The highest BCUT2D eigenvalue weighted by Crippen LogP contribution is 2.22. The summed E-state index contributed by atoms with van der Waals surface area (Å²) in [5.74, 6) is 5.52. The highest BCUT2D eigenvalue weighted by Gasteiger charge is 2.12. The molecule has 0 radical (unpaired) electrons. The maximum absolute atomic E-state index is 5.52. The Morgan fingerprint density at radius 3 is 2.94 bits per heavy atom. The van der Waals surface area contributed by atoms with Crippen molar-refractivity contribution in [2.24, 2.45) is 5.84 Å². The van der Waals surface area contributed by atoms with Crippen LogP contribution in [0.15, 0.2) is 36.7 Å². The fourth-order valence-electron chi connectivity index (χ4n) is 1.81. The number of nitrogens with zero attached hydrogens (tertiary/aromatic N) is 1. The first-order chi connectivity index (χ1) is 7.86. The Bertz CT molecular complexity index is 467. The number of rotatable bonds is 4. The van der Waals surface area contributed by atoms with Gasteiger partial charge in [-0.2, -0.15) is 0 Å². The van der Waals surface area contributed by atoms with Crippen LogP contribution in [0.5, 0.6) is 0 Å². The molecule has 0 aliphatic heterocycles. The molecule has 0 aliphatic rings. The maximum atomic E-state index is 5.52. The van der Waals surface area contributed by atoms with Crippen LogP contribution in [0.3, 0.4) is 0 Å². The quantitative estimate of drug-likeness (QED) is 0.600. The van der Waals surface area contributed by atoms with E-state index in [0.717, 1.165) is 16.3 Å². The second-order valence-electron chi connectivity index (χ2n) is 3.62. The lowest BCUT2D eigenvalue weighted by molar-refractivity contribution is 0.167. The van der Waals surface area contributed by atoms with Crippen molar-refractivity contribution in [3.8, 4) is 0 Å². The molecule has 0 aliphatic carbocycles. The molecule has 0 spiro atoms. The molecule has 3 N–H and O–H groups in total. The Labute approximate surface area is 94.4 Å². The van der Waals surface area contributed by atoms with Crippen molar-refractivity contribution in [3.05, 3.63) is 42.2 Å². The number of nitrogens with two attached hydrogens (primary N) is 1. The summed E-state index contributed by atoms with van der Waals surface area (Å²) >= 11 is 0. The number of ether oxygens (including phenoxy) is 1. The molecule has 1 aromatic heterocycles. The molecular formula is C12H15N3O. The van der Waals surface area contributed by atoms with Crippen LogP contribution in [0.1, 0.15) is 11.6 Å². The van der Waals surface area contributed by atoms with E-state index in [2.05, 4.69) is 16.5 Å². The van der Waals surface area contributed by atoms with E-state index in [-0.39, 0.29) is 6.04 Å². The monoisotopic (exact) mass is 217 g/mol. The number of hydrogen-bond donors (Lipinski definition) is 2. The molecule has 84 valence electrons. The largest absolute Gasteiger partial charge is 0.383 e. The number of fused-ring (bicyclic) bond motifs is 1. The first-order valence-electron chi connectivity index (χ1n) is 5.14. The highest BCUT2D eigenvalue weighted by molar-refractivity contribution is 5.85. The van der Waals surface area contributed by atoms with Crippen LogP contribution < -0.4 is 11.3 Å². The second kappa shape index (κ2) is 5.03. The summed E-state index contributed by atoms with van der Waals surface area (Å²) in [5.41, 5.74) is 3.80. The smallest absolute Gasteiger partial charge is 0.0714 e. The fourth-order valence-corrected chi connectivity index (χ4v) is 1.81. The zero-order valence-electron chi connectivity index (χ0n) is 9.18. The van der Waals surface area contributed by atoms with Crippen LogP contribution in [0.25, 0.3) is 10.8 Å². The Morgan fingerprint density at radius 2 is 2.19 bits per heavy atom. The molecule has 1 heterocycles. The van der Waals surface area contributed by atoms with E-state index >= 15 is 0 Å². The second-order valence-corrected chi connectivity index (χ2v) is 3.62. The third-order valence-corrected chi connectivity index (χ3v) is 2.61. The number of methoxy groups -OCH3 is 1. The average Bonchev–Trinajstić information content (AvgIpc) is 2.35. The van der Waals surface area contributed by atoms with Crippen molar-refractivity contribution in [1.29, 1.82) is 0 Å². The van der Waals surface area contributed by atoms with Gasteiger partial charge >= 0.3 is 0 Å². The number of pyridine rings is 1. The van der Waals surface area contributed by atoms with Gasteiger partial charge in [0.25, 0.3) is 0 Å². The molecular weight excluding hydrogens is 202 g/mol. The van der Waals surface area contributed by atoms with E-state index in [1.54, 1.807) is 7.11 Å². The Balaban J connectivity index is 2.50. The molecule has 1 unspecified atom stereocenters. The molecule has 0 amide bonds. The van der Waals surface area contributed by atoms with E-state index in [4.69, 9.17) is 10.6 Å². The van der Waals surface area contributed by atoms with E-state index < -0.39 is 0 Å². The first-order valence-corrected chi connectivity index (χ1v) is 5.14. The van der Waals surface area contributed by atoms with Crippen molar-refractivity contribution in [2.75, 3.05) is 13.7 Å². The van der Waals surface area contributed by atoms with Gasteiger partial charge in [0.1, 0.15) is 0 Å². The molecule has 0 bridgehead atoms. The third kappa shape index (κ3) is 2.04. The molecule has 0 fully saturated rings. The lowest BCUT2D eigenvalue weighted by Crippen LogP contribution is -2.31. The van der Waals surface area contributed by atoms with Gasteiger partial charge in [-0.15, -0.1) is 0 Å². The lowest BCUT2D eigenvalue weighted by atomic mass is 10.0. The van der Waals surface area contributed by atoms with Crippen LogP contribution in [0.4, 0.5) is 0 Å². The van der Waals surface area contributed by atoms with E-state index in [1.807, 2.05) is 30.6 Å². The van der Waals surface area contributed by atoms with Crippen molar-refractivity contribution >= 4 is 10.8 Å². The summed E-state index contributed by atoms with van der Waals surface area (Å²) in [4.78, 5) is 4.21. The molecule has 4 nitrogen and oxygen atoms in total. The summed E-state index contributed by atoms with van der Waals surface area (Å²) in [6.45, 7) is 0.520. The fraction of sp³-hybridized carbons (Fsp3) is 0.250. The zero-order chi connectivity index (χ0) is 11.4. The summed E-state index contributed by atoms with van der Waals surface area (Å²) in [5, 5.41) is 2.26. The van der Waals surface area contributed by atoms with Crippen molar-refractivity contribution in [1.82, 2.24) is 10.4 Å². The molecule has 2 aromatic rings. The molecule has 2 rings (SSSR count). The Kier molecular flexibility index (Phi) is 3.46. The number of hydrogen-bond acceptors (Lipinski definition) is 4. The lowest BCUT2D eigenvalue weighted by Gasteiger charge is -2.16. The van der Waals surface area contributed by atoms with Gasteiger partial charge in [-0.05, 0) is 10.9 Å². The van der Waals surface area contributed by atoms with Crippen molar-refractivity contribution in [3.63, 3.8) is 0 Å². The van der Waals surface area contributed by atoms with Crippen LogP contribution in [0, 0.1) is 0 Å². The SMILES string of the molecule is COCC(NN)c1cncc2ccccc12. The van der Waals surface area contributed by atoms with Gasteiger partial charge in [0.2, 0.25) is 0 Å². The normalized spacial score (nSPS) is 12.9. The molecule has 1 atom stereocenters. The van der Waals surface area contributed by atoms with Gasteiger partial charge < -0.3 is 4.74 Å². The molecule has 0 saturated heterocycles. The minimum absolute atomic E-state index is 0.0383. The van der Waals surface area contributed by atoms with Crippen LogP contribution >= 0.6 is 0 Å². The summed E-state index contributed by atoms with van der Waals surface area (Å²) in [6, 6.07) is 8.06. The van der Waals surface area contributed by atoms with Gasteiger partial charge in [0.05, 0.1) is 12.6 Å². The van der Waals surface area contributed by atoms with E-state index in [0.29, 0.717) is 6.61 Å². The predicted molar refractivity (Wildman–Crippen MR) is 63.7 cm³/mol. The number of aromatic nitrogens is 1. The van der Waals surface area contributed by atoms with Gasteiger partial charge in [-0.3, -0.25) is 16.3 Å². The van der Waals surface area contributed by atoms with Gasteiger partial charge in [0, 0.05) is 24.9 Å². The van der Waals surface area contributed by atoms with Gasteiger partial charge in [-0.1, -0.05) is 24.3 Å². The first kappa shape index (κ1) is 11.0. The molecule has 0 saturated carbocycles. The predicted octanol–water partition coefficient (Wildman–Crippen LogP) is 1.39. The van der Waals surface area contributed by atoms with Crippen LogP contribution in [-0.2, 0) is 4.74 Å². The Morgan fingerprint density at radius 1 is 1.38 bits per heavy atom. The summed E-state index contributed by atoms with van der Waals surface area (Å²) in [6.07, 6.45) is 3.67. The van der Waals surface area contributed by atoms with Gasteiger partial charge in [-0.25, -0.2) is 0 Å². The van der Waals surface area contributed by atoms with Crippen molar-refractivity contribution in [2.45, 2.75) is 6.04 Å². The zero-order valence-corrected chi connectivity index (χ0v) is 9.18. The molecule has 4 heteroatoms. The summed E-state index contributed by atoms with van der Waals surface area (Å²) < 4.78 is 5.13. The maximum Gasteiger partial charge on any atom is 0.0714 e. The molecule has 1 aromatic carbocycles. The van der Waals surface area contributed by atoms with Crippen LogP contribution in [0.2, 0.25) is 0 Å².